The molecule has 1 heterocycles. The average Bonchev–Trinajstić information content (AvgIpc) is 3.04. The molecule has 0 amide bonds. The van der Waals surface area contributed by atoms with Crippen molar-refractivity contribution in [2.45, 2.75) is 40.2 Å². The Balaban J connectivity index is 0.00000261. The summed E-state index contributed by atoms with van der Waals surface area (Å²) in [4.78, 5) is 2.37. The van der Waals surface area contributed by atoms with Gasteiger partial charge in [-0.15, -0.1) is 0 Å². The number of rotatable bonds is 8. The molecule has 27 heavy (non-hydrogen) atoms. The van der Waals surface area contributed by atoms with E-state index in [4.69, 9.17) is 0 Å². The number of halogens is 1. The van der Waals surface area contributed by atoms with Crippen LogP contribution in [0, 0.1) is 0 Å². The van der Waals surface area contributed by atoms with Crippen LogP contribution < -0.4 is 33.4 Å². The third kappa shape index (κ3) is 5.32. The first kappa shape index (κ1) is 21.9. The molecule has 1 aromatic heterocycles. The molecule has 3 aromatic rings. The maximum atomic E-state index is 2.46. The van der Waals surface area contributed by atoms with Crippen LogP contribution in [0.4, 0.5) is 5.69 Å². The molecule has 0 saturated heterocycles. The predicted molar refractivity (Wildman–Crippen MR) is 116 cm³/mol. The number of nitrogens with zero attached hydrogens (tertiary/aromatic N) is 2. The van der Waals surface area contributed by atoms with Gasteiger partial charge in [0, 0.05) is 37.3 Å². The average molecular weight is 492 g/mol. The fourth-order valence-electron chi connectivity index (χ4n) is 3.28. The molecule has 0 radical (unpaired) electrons. The lowest BCUT2D eigenvalue weighted by Gasteiger charge is -2.20. The highest BCUT2D eigenvalue weighted by atomic mass is 127. The van der Waals surface area contributed by atoms with E-state index in [-0.39, 0.29) is 24.0 Å². The van der Waals surface area contributed by atoms with E-state index in [9.17, 15) is 0 Å². The van der Waals surface area contributed by atoms with Crippen molar-refractivity contribution >= 4 is 39.4 Å². The molecule has 0 saturated carbocycles. The van der Waals surface area contributed by atoms with Crippen LogP contribution >= 0.6 is 11.3 Å². The summed E-state index contributed by atoms with van der Waals surface area (Å²) in [5.74, 6) is 0. The van der Waals surface area contributed by atoms with E-state index in [2.05, 4.69) is 90.9 Å². The number of aromatic nitrogens is 1. The Morgan fingerprint density at radius 3 is 2.30 bits per heavy atom. The number of thiazole rings is 1. The van der Waals surface area contributed by atoms with Crippen molar-refractivity contribution < 1.29 is 28.5 Å². The zero-order chi connectivity index (χ0) is 18.4. The van der Waals surface area contributed by atoms with Gasteiger partial charge in [0.15, 0.2) is 6.54 Å². The number of para-hydroxylation sites is 1. The molecule has 0 N–H and O–H groups in total. The van der Waals surface area contributed by atoms with Crippen molar-refractivity contribution in [3.63, 3.8) is 0 Å². The van der Waals surface area contributed by atoms with Crippen LogP contribution in [-0.2, 0) is 6.54 Å². The second-order valence-electron chi connectivity index (χ2n) is 6.51. The normalized spacial score (nSPS) is 11.1. The van der Waals surface area contributed by atoms with Crippen molar-refractivity contribution in [1.82, 2.24) is 0 Å². The van der Waals surface area contributed by atoms with E-state index in [1.165, 1.54) is 39.3 Å². The maximum Gasteiger partial charge on any atom is 0.262 e. The fourth-order valence-corrected chi connectivity index (χ4v) is 4.37. The first-order chi connectivity index (χ1) is 12.8. The minimum absolute atomic E-state index is 0. The van der Waals surface area contributed by atoms with E-state index in [1.54, 1.807) is 0 Å². The molecule has 0 aliphatic rings. The van der Waals surface area contributed by atoms with E-state index < -0.39 is 0 Å². The van der Waals surface area contributed by atoms with Gasteiger partial charge in [-0.05, 0) is 43.7 Å². The van der Waals surface area contributed by atoms with Gasteiger partial charge in [-0.2, -0.15) is 4.57 Å². The van der Waals surface area contributed by atoms with E-state index in [0.717, 1.165) is 19.6 Å². The summed E-state index contributed by atoms with van der Waals surface area (Å²) < 4.78 is 3.82. The molecule has 2 aromatic carbocycles. The zero-order valence-electron chi connectivity index (χ0n) is 16.5. The molecule has 0 aliphatic carbocycles. The molecule has 4 heteroatoms. The minimum atomic E-state index is 0. The quantitative estimate of drug-likeness (QED) is 0.347. The smallest absolute Gasteiger partial charge is 0.262 e. The summed E-state index contributed by atoms with van der Waals surface area (Å²) in [6.07, 6.45) is 6.93. The Labute approximate surface area is 184 Å². The van der Waals surface area contributed by atoms with Gasteiger partial charge in [-0.25, -0.2) is 0 Å². The van der Waals surface area contributed by atoms with E-state index in [1.807, 2.05) is 11.3 Å². The Morgan fingerprint density at radius 2 is 1.63 bits per heavy atom. The Morgan fingerprint density at radius 1 is 0.926 bits per heavy atom. The standard InChI is InChI=1S/C23H29N2S.HI/c1-4-7-18-25-21-10-8-9-11-22(21)26-23(25)17-14-19-12-15-20(16-13-19)24(5-2)6-3;/h8-17H,4-7,18H2,1-3H3;1H/q+1;/p-1. The SMILES string of the molecule is CCCC[n+]1c(C=Cc2ccc(N(CC)CC)cc2)sc2ccccc21.[I-]. The maximum absolute atomic E-state index is 2.46. The van der Waals surface area contributed by atoms with Crippen LogP contribution in [0.15, 0.2) is 48.5 Å². The number of fused-ring (bicyclic) bond motifs is 1. The number of anilines is 1. The number of hydrogen-bond acceptors (Lipinski definition) is 2. The number of unbranched alkanes of at least 4 members (excludes halogenated alkanes) is 1. The van der Waals surface area contributed by atoms with Crippen LogP contribution in [-0.4, -0.2) is 13.1 Å². The van der Waals surface area contributed by atoms with Crippen molar-refractivity contribution in [3.8, 4) is 0 Å². The summed E-state index contributed by atoms with van der Waals surface area (Å²) >= 11 is 1.88. The van der Waals surface area contributed by atoms with Gasteiger partial charge in [0.05, 0.1) is 0 Å². The van der Waals surface area contributed by atoms with Crippen LogP contribution in [0.1, 0.15) is 44.2 Å². The van der Waals surface area contributed by atoms with Gasteiger partial charge in [0.2, 0.25) is 5.52 Å². The minimum Gasteiger partial charge on any atom is -1.00 e. The Hall–Kier alpha value is -1.40. The van der Waals surface area contributed by atoms with Crippen molar-refractivity contribution in [3.05, 3.63) is 59.1 Å². The topological polar surface area (TPSA) is 7.12 Å². The van der Waals surface area contributed by atoms with Gasteiger partial charge in [0.1, 0.15) is 4.70 Å². The molecule has 144 valence electrons. The molecular formula is C23H29IN2S. The summed E-state index contributed by atoms with van der Waals surface area (Å²) in [5.41, 5.74) is 3.90. The molecular weight excluding hydrogens is 463 g/mol. The second-order valence-corrected chi connectivity index (χ2v) is 7.57. The molecule has 0 spiro atoms. The van der Waals surface area contributed by atoms with Gasteiger partial charge >= 0.3 is 0 Å². The first-order valence-corrected chi connectivity index (χ1v) is 10.5. The lowest BCUT2D eigenvalue weighted by molar-refractivity contribution is -0.669. The largest absolute Gasteiger partial charge is 1.00 e. The summed E-state index contributed by atoms with van der Waals surface area (Å²) in [7, 11) is 0. The molecule has 0 atom stereocenters. The molecule has 0 fully saturated rings. The molecule has 3 rings (SSSR count). The fraction of sp³-hybridized carbons (Fsp3) is 0.348. The molecule has 0 aliphatic heterocycles. The highest BCUT2D eigenvalue weighted by molar-refractivity contribution is 7.18. The Kier molecular flexibility index (Phi) is 8.77. The Bertz CT molecular complexity index is 864. The van der Waals surface area contributed by atoms with Crippen LogP contribution in [0.3, 0.4) is 0 Å². The number of hydrogen-bond donors (Lipinski definition) is 0. The van der Waals surface area contributed by atoms with Gasteiger partial charge in [-0.3, -0.25) is 0 Å². The first-order valence-electron chi connectivity index (χ1n) is 9.71. The van der Waals surface area contributed by atoms with Crippen LogP contribution in [0.5, 0.6) is 0 Å². The summed E-state index contributed by atoms with van der Waals surface area (Å²) in [5, 5.41) is 1.33. The van der Waals surface area contributed by atoms with E-state index in [0.29, 0.717) is 0 Å². The predicted octanol–water partition coefficient (Wildman–Crippen LogP) is 3.01. The highest BCUT2D eigenvalue weighted by Crippen LogP contribution is 2.23. The third-order valence-corrected chi connectivity index (χ3v) is 5.94. The van der Waals surface area contributed by atoms with E-state index >= 15 is 0 Å². The zero-order valence-corrected chi connectivity index (χ0v) is 19.5. The van der Waals surface area contributed by atoms with Crippen molar-refractivity contribution in [2.24, 2.45) is 0 Å². The summed E-state index contributed by atoms with van der Waals surface area (Å²) in [6, 6.07) is 17.6. The summed E-state index contributed by atoms with van der Waals surface area (Å²) in [6.45, 7) is 9.83. The number of benzene rings is 2. The van der Waals surface area contributed by atoms with Gasteiger partial charge in [0.25, 0.3) is 5.01 Å². The molecule has 0 bridgehead atoms. The van der Waals surface area contributed by atoms with Gasteiger partial charge < -0.3 is 28.9 Å². The third-order valence-electron chi connectivity index (χ3n) is 4.81. The van der Waals surface area contributed by atoms with Gasteiger partial charge in [-0.1, -0.05) is 48.9 Å². The van der Waals surface area contributed by atoms with Crippen LogP contribution in [0.25, 0.3) is 22.4 Å². The highest BCUT2D eigenvalue weighted by Gasteiger charge is 2.17. The lowest BCUT2D eigenvalue weighted by atomic mass is 10.2. The lowest BCUT2D eigenvalue weighted by Crippen LogP contribution is -3.00. The monoisotopic (exact) mass is 492 g/mol. The van der Waals surface area contributed by atoms with Crippen LogP contribution in [0.2, 0.25) is 0 Å². The van der Waals surface area contributed by atoms with Crippen molar-refractivity contribution in [1.29, 1.82) is 0 Å². The molecule has 2 nitrogen and oxygen atoms in total. The molecule has 0 unspecified atom stereocenters. The van der Waals surface area contributed by atoms with Crippen molar-refractivity contribution in [2.75, 3.05) is 18.0 Å². The number of aryl methyl sites for hydroxylation is 1. The second kappa shape index (κ2) is 10.8.